The molecular weight excluding hydrogens is 404 g/mol. The van der Waals surface area contributed by atoms with Gasteiger partial charge >= 0.3 is 0 Å². The summed E-state index contributed by atoms with van der Waals surface area (Å²) in [5.41, 5.74) is 3.37. The number of aliphatic hydroxyl groups is 1. The predicted molar refractivity (Wildman–Crippen MR) is 126 cm³/mol. The zero-order valence-corrected chi connectivity index (χ0v) is 19.5. The lowest BCUT2D eigenvalue weighted by Gasteiger charge is -2.26. The molecule has 1 atom stereocenters. The molecule has 1 aliphatic rings. The monoisotopic (exact) mass is 436 g/mol. The zero-order chi connectivity index (χ0) is 23.4. The molecule has 3 rings (SSSR count). The first-order valence-corrected chi connectivity index (χ1v) is 11.0. The lowest BCUT2D eigenvalue weighted by atomic mass is 9.94. The third-order valence-electron chi connectivity index (χ3n) is 5.69. The smallest absolute Gasteiger partial charge is 0.295 e. The number of likely N-dealkylation sites (tertiary alicyclic amines) is 1. The number of rotatable bonds is 8. The lowest BCUT2D eigenvalue weighted by molar-refractivity contribution is -0.139. The highest BCUT2D eigenvalue weighted by Crippen LogP contribution is 2.40. The summed E-state index contributed by atoms with van der Waals surface area (Å²) >= 11 is 0. The van der Waals surface area contributed by atoms with Gasteiger partial charge in [0.1, 0.15) is 11.5 Å². The molecule has 0 bridgehead atoms. The van der Waals surface area contributed by atoms with Crippen molar-refractivity contribution in [3.05, 3.63) is 70.3 Å². The van der Waals surface area contributed by atoms with Gasteiger partial charge in [0.2, 0.25) is 0 Å². The molecule has 32 heavy (non-hydrogen) atoms. The van der Waals surface area contributed by atoms with Gasteiger partial charge in [-0.05, 0) is 77.2 Å². The molecule has 1 aliphatic heterocycles. The van der Waals surface area contributed by atoms with Crippen LogP contribution in [0.2, 0.25) is 0 Å². The van der Waals surface area contributed by atoms with Crippen molar-refractivity contribution in [3.8, 4) is 5.75 Å². The molecule has 0 aliphatic carbocycles. The van der Waals surface area contributed by atoms with E-state index in [2.05, 4.69) is 0 Å². The maximum absolute atomic E-state index is 13.1. The van der Waals surface area contributed by atoms with Gasteiger partial charge < -0.3 is 19.6 Å². The number of aryl methyl sites for hydroxylation is 2. The van der Waals surface area contributed by atoms with Crippen molar-refractivity contribution in [2.75, 3.05) is 33.8 Å². The van der Waals surface area contributed by atoms with Crippen LogP contribution in [0.15, 0.2) is 48.0 Å². The fraction of sp³-hybridized carbons (Fsp3) is 0.385. The largest absolute Gasteiger partial charge is 0.507 e. The van der Waals surface area contributed by atoms with Crippen molar-refractivity contribution < 1.29 is 19.4 Å². The van der Waals surface area contributed by atoms with E-state index in [1.54, 1.807) is 23.1 Å². The van der Waals surface area contributed by atoms with Gasteiger partial charge in [-0.15, -0.1) is 0 Å². The Kier molecular flexibility index (Phi) is 7.36. The van der Waals surface area contributed by atoms with Crippen LogP contribution in [-0.4, -0.2) is 60.4 Å². The maximum Gasteiger partial charge on any atom is 0.295 e. The highest BCUT2D eigenvalue weighted by molar-refractivity contribution is 6.46. The molecular formula is C26H32N2O4. The molecule has 0 aromatic heterocycles. The van der Waals surface area contributed by atoms with E-state index in [0.717, 1.165) is 35.4 Å². The van der Waals surface area contributed by atoms with Crippen LogP contribution >= 0.6 is 0 Å². The van der Waals surface area contributed by atoms with Crippen molar-refractivity contribution in [1.29, 1.82) is 0 Å². The molecule has 170 valence electrons. The molecule has 6 nitrogen and oxygen atoms in total. The number of carbonyl (C=O) groups excluding carboxylic acids is 2. The Balaban J connectivity index is 2.08. The van der Waals surface area contributed by atoms with Crippen molar-refractivity contribution in [2.24, 2.45) is 0 Å². The van der Waals surface area contributed by atoms with Crippen LogP contribution in [-0.2, 0) is 9.59 Å². The molecule has 2 aromatic carbocycles. The minimum absolute atomic E-state index is 0.132. The van der Waals surface area contributed by atoms with Crippen molar-refractivity contribution >= 4 is 17.4 Å². The molecule has 1 saturated heterocycles. The highest BCUT2D eigenvalue weighted by atomic mass is 16.5. The lowest BCUT2D eigenvalue weighted by Crippen LogP contribution is -2.32. The second kappa shape index (κ2) is 10.0. The molecule has 0 spiro atoms. The normalized spacial score (nSPS) is 17.9. The van der Waals surface area contributed by atoms with E-state index in [1.807, 2.05) is 64.0 Å². The number of ketones is 1. The van der Waals surface area contributed by atoms with Gasteiger partial charge in [-0.1, -0.05) is 29.8 Å². The molecule has 1 N–H and O–H groups in total. The Morgan fingerprint density at radius 1 is 1.09 bits per heavy atom. The van der Waals surface area contributed by atoms with Crippen LogP contribution in [0, 0.1) is 13.8 Å². The highest BCUT2D eigenvalue weighted by Gasteiger charge is 2.45. The molecule has 6 heteroatoms. The van der Waals surface area contributed by atoms with Crippen molar-refractivity contribution in [3.63, 3.8) is 0 Å². The van der Waals surface area contributed by atoms with Crippen molar-refractivity contribution in [2.45, 2.75) is 33.2 Å². The maximum atomic E-state index is 13.1. The SMILES string of the molecule is CCOc1ccc(C(O)=C2C(=O)C(=O)N(CCCN(C)C)C2c2ccc(C)cc2)cc1C. The Hall–Kier alpha value is -3.12. The zero-order valence-electron chi connectivity index (χ0n) is 19.5. The van der Waals surface area contributed by atoms with Gasteiger partial charge in [0.15, 0.2) is 0 Å². The van der Waals surface area contributed by atoms with Crippen LogP contribution in [0.25, 0.3) is 5.76 Å². The number of amides is 1. The second-order valence-electron chi connectivity index (χ2n) is 8.47. The number of Topliss-reactive ketones (excluding diaryl/α,β-unsaturated/α-hetero) is 1. The molecule has 1 heterocycles. The quantitative estimate of drug-likeness (QED) is 0.384. The van der Waals surface area contributed by atoms with E-state index in [-0.39, 0.29) is 11.3 Å². The molecule has 2 aromatic rings. The minimum atomic E-state index is -0.649. The summed E-state index contributed by atoms with van der Waals surface area (Å²) in [6.07, 6.45) is 0.727. The van der Waals surface area contributed by atoms with Crippen LogP contribution in [0.5, 0.6) is 5.75 Å². The van der Waals surface area contributed by atoms with E-state index in [9.17, 15) is 14.7 Å². The van der Waals surface area contributed by atoms with E-state index in [1.165, 1.54) is 0 Å². The predicted octanol–water partition coefficient (Wildman–Crippen LogP) is 4.08. The van der Waals surface area contributed by atoms with Gasteiger partial charge in [0.05, 0.1) is 18.2 Å². The van der Waals surface area contributed by atoms with Crippen LogP contribution in [0.1, 0.15) is 41.6 Å². The summed E-state index contributed by atoms with van der Waals surface area (Å²) in [5.74, 6) is -0.651. The van der Waals surface area contributed by atoms with Gasteiger partial charge in [0, 0.05) is 12.1 Å². The van der Waals surface area contributed by atoms with Crippen LogP contribution in [0.3, 0.4) is 0 Å². The third kappa shape index (κ3) is 4.86. The number of nitrogens with zero attached hydrogens (tertiary/aromatic N) is 2. The third-order valence-corrected chi connectivity index (χ3v) is 5.69. The Labute approximate surface area is 190 Å². The standard InChI is InChI=1S/C26H32N2O4/c1-6-32-21-13-12-20(16-18(21)3)24(29)22-23(19-10-8-17(2)9-11-19)28(26(31)25(22)30)15-7-14-27(4)5/h8-13,16,23,29H,6-7,14-15H2,1-5H3. The first-order valence-electron chi connectivity index (χ1n) is 11.0. The Morgan fingerprint density at radius 2 is 1.78 bits per heavy atom. The fourth-order valence-electron chi connectivity index (χ4n) is 4.03. The molecule has 1 unspecified atom stereocenters. The first-order chi connectivity index (χ1) is 15.2. The number of aliphatic hydroxyl groups excluding tert-OH is 1. The van der Waals surface area contributed by atoms with Crippen LogP contribution < -0.4 is 4.74 Å². The molecule has 1 fully saturated rings. The summed E-state index contributed by atoms with van der Waals surface area (Å²) in [6, 6.07) is 12.4. The van der Waals surface area contributed by atoms with E-state index < -0.39 is 17.7 Å². The average molecular weight is 437 g/mol. The molecule has 0 radical (unpaired) electrons. The summed E-state index contributed by atoms with van der Waals surface area (Å²) in [4.78, 5) is 29.7. The fourth-order valence-corrected chi connectivity index (χ4v) is 4.03. The second-order valence-corrected chi connectivity index (χ2v) is 8.47. The number of hydrogen-bond acceptors (Lipinski definition) is 5. The van der Waals surface area contributed by atoms with E-state index >= 15 is 0 Å². The van der Waals surface area contributed by atoms with Gasteiger partial charge in [-0.2, -0.15) is 0 Å². The first kappa shape index (κ1) is 23.5. The summed E-state index contributed by atoms with van der Waals surface area (Å²) in [5, 5.41) is 11.2. The summed E-state index contributed by atoms with van der Waals surface area (Å²) in [6.45, 7) is 7.55. The minimum Gasteiger partial charge on any atom is -0.507 e. The van der Waals surface area contributed by atoms with Gasteiger partial charge in [-0.25, -0.2) is 0 Å². The van der Waals surface area contributed by atoms with Gasteiger partial charge in [0.25, 0.3) is 11.7 Å². The average Bonchev–Trinajstić information content (AvgIpc) is 3.00. The summed E-state index contributed by atoms with van der Waals surface area (Å²) < 4.78 is 5.59. The van der Waals surface area contributed by atoms with Gasteiger partial charge in [-0.3, -0.25) is 9.59 Å². The topological polar surface area (TPSA) is 70.1 Å². The summed E-state index contributed by atoms with van der Waals surface area (Å²) in [7, 11) is 3.94. The van der Waals surface area contributed by atoms with E-state index in [4.69, 9.17) is 4.74 Å². The van der Waals surface area contributed by atoms with E-state index in [0.29, 0.717) is 18.7 Å². The number of ether oxygens (including phenoxy) is 1. The molecule has 1 amide bonds. The number of benzene rings is 2. The van der Waals surface area contributed by atoms with Crippen molar-refractivity contribution in [1.82, 2.24) is 9.80 Å². The Bertz CT molecular complexity index is 1020. The number of carbonyl (C=O) groups is 2. The molecule has 0 saturated carbocycles. The number of hydrogen-bond donors (Lipinski definition) is 1. The van der Waals surface area contributed by atoms with Crippen LogP contribution in [0.4, 0.5) is 0 Å². The Morgan fingerprint density at radius 3 is 2.38 bits per heavy atom.